The summed E-state index contributed by atoms with van der Waals surface area (Å²) < 4.78 is 0. The van der Waals surface area contributed by atoms with Crippen molar-refractivity contribution in [3.63, 3.8) is 0 Å². The average molecular weight is 362 g/mol. The Hall–Kier alpha value is -1.90. The smallest absolute Gasteiger partial charge is 0.358 e. The Balaban J connectivity index is 0.00000120. The first-order valence-electron chi connectivity index (χ1n) is 5.04. The third-order valence-electron chi connectivity index (χ3n) is 2.64. The summed E-state index contributed by atoms with van der Waals surface area (Å²) in [5, 5.41) is 12.3. The minimum atomic E-state index is -0.392. The van der Waals surface area contributed by atoms with Gasteiger partial charge in [0.15, 0.2) is 0 Å². The molecular formula is C14H13N3O2Pd. The van der Waals surface area contributed by atoms with Crippen molar-refractivity contribution in [2.24, 2.45) is 0 Å². The predicted octanol–water partition coefficient (Wildman–Crippen LogP) is 3.59. The van der Waals surface area contributed by atoms with E-state index in [0.717, 1.165) is 5.39 Å². The van der Waals surface area contributed by atoms with Gasteiger partial charge in [0.05, 0.1) is 15.8 Å². The number of pyridine rings is 2. The minimum absolute atomic E-state index is 0. The molecule has 106 valence electrons. The summed E-state index contributed by atoms with van der Waals surface area (Å²) in [7, 11) is 0. The second-order valence-corrected chi connectivity index (χ2v) is 3.63. The van der Waals surface area contributed by atoms with Crippen molar-refractivity contribution in [2.75, 3.05) is 0 Å². The zero-order valence-electron chi connectivity index (χ0n) is 11.0. The summed E-state index contributed by atoms with van der Waals surface area (Å²) in [5.74, 6) is 0. The number of hydrogen-bond acceptors (Lipinski definition) is 4. The Bertz CT molecular complexity index is 747. The number of hydrogen-bond donors (Lipinski definition) is 0. The van der Waals surface area contributed by atoms with E-state index in [-0.39, 0.29) is 41.0 Å². The number of aromatic nitrogens is 2. The molecule has 0 atom stereocenters. The van der Waals surface area contributed by atoms with Gasteiger partial charge in [0.2, 0.25) is 0 Å². The molecule has 20 heavy (non-hydrogen) atoms. The Morgan fingerprint density at radius 3 is 2.25 bits per heavy atom. The minimum Gasteiger partial charge on any atom is -0.358 e. The van der Waals surface area contributed by atoms with Crippen molar-refractivity contribution in [1.82, 2.24) is 9.97 Å². The van der Waals surface area contributed by atoms with Crippen LogP contribution in [-0.2, 0) is 20.4 Å². The van der Waals surface area contributed by atoms with Crippen molar-refractivity contribution >= 4 is 27.5 Å². The largest absolute Gasteiger partial charge is 2.00 e. The first-order valence-corrected chi connectivity index (χ1v) is 5.04. The molecule has 3 aromatic rings. The molecule has 0 amide bonds. The van der Waals surface area contributed by atoms with E-state index in [9.17, 15) is 10.1 Å². The van der Waals surface area contributed by atoms with E-state index >= 15 is 0 Å². The van der Waals surface area contributed by atoms with Gasteiger partial charge in [0.25, 0.3) is 5.69 Å². The summed E-state index contributed by atoms with van der Waals surface area (Å²) in [6, 6.07) is 8.45. The van der Waals surface area contributed by atoms with Crippen LogP contribution in [0.4, 0.5) is 5.69 Å². The van der Waals surface area contributed by atoms with Crippen LogP contribution in [-0.4, -0.2) is 14.9 Å². The first-order chi connectivity index (χ1) is 8.27. The van der Waals surface area contributed by atoms with E-state index in [1.165, 1.54) is 6.07 Å². The van der Waals surface area contributed by atoms with Crippen LogP contribution in [0.3, 0.4) is 0 Å². The molecule has 0 fully saturated rings. The molecule has 0 unspecified atom stereocenters. The molecule has 0 spiro atoms. The van der Waals surface area contributed by atoms with Crippen molar-refractivity contribution < 1.29 is 25.3 Å². The van der Waals surface area contributed by atoms with Crippen LogP contribution in [0.1, 0.15) is 0 Å². The van der Waals surface area contributed by atoms with Gasteiger partial charge in [-0.2, -0.15) is 0 Å². The molecule has 1 aromatic carbocycles. The maximum absolute atomic E-state index is 11.0. The van der Waals surface area contributed by atoms with Crippen LogP contribution in [0.5, 0.6) is 0 Å². The molecule has 6 heteroatoms. The third kappa shape index (κ3) is 2.82. The van der Waals surface area contributed by atoms with E-state index in [0.29, 0.717) is 16.4 Å². The number of fused-ring (bicyclic) bond motifs is 3. The Labute approximate surface area is 130 Å². The third-order valence-corrected chi connectivity index (χ3v) is 2.64. The quantitative estimate of drug-likeness (QED) is 0.218. The standard InChI is InChI=1S/C12H7N3O2.2CH3.Pd/c16-15(17)10-7-8-3-1-5-13-11(8)12-9(10)4-2-6-14-12;;;/h1-7H;2*1H3;/q;2*-1;+2. The summed E-state index contributed by atoms with van der Waals surface area (Å²) in [5.41, 5.74) is 1.32. The van der Waals surface area contributed by atoms with Gasteiger partial charge in [0.1, 0.15) is 5.52 Å². The molecule has 0 aliphatic carbocycles. The second-order valence-electron chi connectivity index (χ2n) is 3.63. The van der Waals surface area contributed by atoms with Crippen molar-refractivity contribution in [2.45, 2.75) is 0 Å². The molecule has 3 rings (SSSR count). The van der Waals surface area contributed by atoms with E-state index in [1.54, 1.807) is 36.7 Å². The SMILES string of the molecule is O=[N+]([O-])c1cc2cccnc2c2ncccc12.[CH3-].[CH3-].[Pd+2]. The van der Waals surface area contributed by atoms with Crippen molar-refractivity contribution in [3.05, 3.63) is 67.7 Å². The molecular weight excluding hydrogens is 349 g/mol. The molecule has 0 saturated heterocycles. The molecule has 0 bridgehead atoms. The van der Waals surface area contributed by atoms with E-state index in [4.69, 9.17) is 0 Å². The average Bonchev–Trinajstić information content (AvgIpc) is 2.37. The number of nitrogens with zero attached hydrogens (tertiary/aromatic N) is 3. The fourth-order valence-corrected chi connectivity index (χ4v) is 1.91. The monoisotopic (exact) mass is 361 g/mol. The Morgan fingerprint density at radius 1 is 1.00 bits per heavy atom. The Kier molecular flexibility index (Phi) is 6.37. The van der Waals surface area contributed by atoms with Crippen molar-refractivity contribution in [3.8, 4) is 0 Å². The molecule has 0 aliphatic heterocycles. The number of non-ortho nitro benzene ring substituents is 1. The van der Waals surface area contributed by atoms with E-state index in [1.807, 2.05) is 0 Å². The number of rotatable bonds is 1. The summed E-state index contributed by atoms with van der Waals surface area (Å²) in [6.07, 6.45) is 3.27. The maximum Gasteiger partial charge on any atom is 2.00 e. The van der Waals surface area contributed by atoms with Crippen LogP contribution in [0.2, 0.25) is 0 Å². The fourth-order valence-electron chi connectivity index (χ4n) is 1.91. The van der Waals surface area contributed by atoms with Crippen molar-refractivity contribution in [1.29, 1.82) is 0 Å². The molecule has 0 N–H and O–H groups in total. The predicted molar refractivity (Wildman–Crippen MR) is 76.5 cm³/mol. The van der Waals surface area contributed by atoms with Crippen LogP contribution >= 0.6 is 0 Å². The molecule has 2 aromatic heterocycles. The van der Waals surface area contributed by atoms with Gasteiger partial charge in [-0.15, -0.1) is 0 Å². The van der Waals surface area contributed by atoms with Gasteiger partial charge in [-0.1, -0.05) is 6.07 Å². The Morgan fingerprint density at radius 2 is 1.60 bits per heavy atom. The van der Waals surface area contributed by atoms with Crippen LogP contribution < -0.4 is 0 Å². The second kappa shape index (κ2) is 7.04. The number of benzene rings is 1. The van der Waals surface area contributed by atoms with Crippen LogP contribution in [0.25, 0.3) is 21.8 Å². The normalized spacial score (nSPS) is 9.20. The zero-order valence-corrected chi connectivity index (χ0v) is 12.6. The van der Waals surface area contributed by atoms with Gasteiger partial charge in [-0.25, -0.2) is 0 Å². The van der Waals surface area contributed by atoms with Crippen LogP contribution in [0, 0.1) is 25.0 Å². The van der Waals surface area contributed by atoms with Crippen LogP contribution in [0.15, 0.2) is 42.7 Å². The first kappa shape index (κ1) is 18.1. The van der Waals surface area contributed by atoms with Gasteiger partial charge >= 0.3 is 20.4 Å². The molecule has 2 heterocycles. The summed E-state index contributed by atoms with van der Waals surface area (Å²) in [6.45, 7) is 0. The summed E-state index contributed by atoms with van der Waals surface area (Å²) >= 11 is 0. The summed E-state index contributed by atoms with van der Waals surface area (Å²) in [4.78, 5) is 19.0. The maximum atomic E-state index is 11.0. The number of nitro benzene ring substituents is 1. The van der Waals surface area contributed by atoms with E-state index < -0.39 is 4.92 Å². The van der Waals surface area contributed by atoms with Gasteiger partial charge < -0.3 is 14.9 Å². The number of nitro groups is 1. The van der Waals surface area contributed by atoms with Gasteiger partial charge in [-0.3, -0.25) is 20.1 Å². The van der Waals surface area contributed by atoms with E-state index in [2.05, 4.69) is 9.97 Å². The van der Waals surface area contributed by atoms with Gasteiger partial charge in [0, 0.05) is 23.8 Å². The van der Waals surface area contributed by atoms with Gasteiger partial charge in [-0.05, 0) is 18.2 Å². The zero-order chi connectivity index (χ0) is 11.8. The molecule has 0 radical (unpaired) electrons. The molecule has 0 aliphatic rings. The fraction of sp³-hybridized carbons (Fsp3) is 0. The molecule has 0 saturated carbocycles. The molecule has 5 nitrogen and oxygen atoms in total. The topological polar surface area (TPSA) is 68.9 Å².